The molecule has 4 heteroatoms. The van der Waals surface area contributed by atoms with Gasteiger partial charge in [0, 0.05) is 18.3 Å². The average molecular weight is 232 g/mol. The zero-order valence-electron chi connectivity index (χ0n) is 10.5. The SMILES string of the molecule is Cc1nc2ccc(NCCCC(C)N)cc2[nH]1. The van der Waals surface area contributed by atoms with E-state index in [-0.39, 0.29) is 6.04 Å². The van der Waals surface area contributed by atoms with Crippen LogP contribution in [0.5, 0.6) is 0 Å². The number of nitrogens with one attached hydrogen (secondary N) is 2. The van der Waals surface area contributed by atoms with Crippen LogP contribution in [0.1, 0.15) is 25.6 Å². The number of H-pyrrole nitrogens is 1. The zero-order valence-corrected chi connectivity index (χ0v) is 10.5. The van der Waals surface area contributed by atoms with E-state index in [0.29, 0.717) is 0 Å². The number of hydrogen-bond acceptors (Lipinski definition) is 3. The Labute approximate surface area is 102 Å². The van der Waals surface area contributed by atoms with Crippen molar-refractivity contribution in [1.82, 2.24) is 9.97 Å². The number of anilines is 1. The molecule has 0 fully saturated rings. The number of fused-ring (bicyclic) bond motifs is 1. The van der Waals surface area contributed by atoms with Gasteiger partial charge < -0.3 is 16.0 Å². The number of aromatic nitrogens is 2. The van der Waals surface area contributed by atoms with Gasteiger partial charge in [0.2, 0.25) is 0 Å². The molecule has 0 aliphatic rings. The van der Waals surface area contributed by atoms with E-state index < -0.39 is 0 Å². The van der Waals surface area contributed by atoms with Crippen molar-refractivity contribution in [2.24, 2.45) is 5.73 Å². The molecule has 1 heterocycles. The zero-order chi connectivity index (χ0) is 12.3. The predicted molar refractivity (Wildman–Crippen MR) is 72.2 cm³/mol. The first kappa shape index (κ1) is 11.9. The Morgan fingerprint density at radius 2 is 2.29 bits per heavy atom. The van der Waals surface area contributed by atoms with E-state index in [1.807, 2.05) is 19.9 Å². The summed E-state index contributed by atoms with van der Waals surface area (Å²) in [6.45, 7) is 4.97. The van der Waals surface area contributed by atoms with E-state index in [2.05, 4.69) is 27.4 Å². The number of nitrogens with zero attached hydrogens (tertiary/aromatic N) is 1. The highest BCUT2D eigenvalue weighted by atomic mass is 14.9. The molecule has 1 atom stereocenters. The van der Waals surface area contributed by atoms with Crippen molar-refractivity contribution >= 4 is 16.7 Å². The topological polar surface area (TPSA) is 66.7 Å². The average Bonchev–Trinajstić information content (AvgIpc) is 2.63. The molecule has 0 aliphatic heterocycles. The molecule has 1 unspecified atom stereocenters. The van der Waals surface area contributed by atoms with Crippen molar-refractivity contribution in [3.8, 4) is 0 Å². The molecule has 1 aromatic heterocycles. The largest absolute Gasteiger partial charge is 0.385 e. The molecule has 17 heavy (non-hydrogen) atoms. The van der Waals surface area contributed by atoms with Gasteiger partial charge in [0.15, 0.2) is 0 Å². The molecule has 2 aromatic rings. The van der Waals surface area contributed by atoms with E-state index in [4.69, 9.17) is 5.73 Å². The lowest BCUT2D eigenvalue weighted by molar-refractivity contribution is 0.639. The third-order valence-corrected chi connectivity index (χ3v) is 2.77. The van der Waals surface area contributed by atoms with Crippen molar-refractivity contribution in [1.29, 1.82) is 0 Å². The van der Waals surface area contributed by atoms with E-state index in [0.717, 1.165) is 41.9 Å². The van der Waals surface area contributed by atoms with Crippen LogP contribution in [-0.4, -0.2) is 22.6 Å². The summed E-state index contributed by atoms with van der Waals surface area (Å²) in [4.78, 5) is 7.61. The summed E-state index contributed by atoms with van der Waals surface area (Å²) < 4.78 is 0. The second-order valence-electron chi connectivity index (χ2n) is 4.60. The number of aromatic amines is 1. The van der Waals surface area contributed by atoms with E-state index in [9.17, 15) is 0 Å². The summed E-state index contributed by atoms with van der Waals surface area (Å²) >= 11 is 0. The second kappa shape index (κ2) is 5.19. The van der Waals surface area contributed by atoms with Crippen LogP contribution in [0.2, 0.25) is 0 Å². The lowest BCUT2D eigenvalue weighted by atomic mass is 10.2. The molecule has 2 rings (SSSR count). The molecule has 0 saturated carbocycles. The van der Waals surface area contributed by atoms with Crippen LogP contribution in [0.3, 0.4) is 0 Å². The van der Waals surface area contributed by atoms with Crippen molar-refractivity contribution in [2.45, 2.75) is 32.7 Å². The van der Waals surface area contributed by atoms with Gasteiger partial charge in [-0.15, -0.1) is 0 Å². The van der Waals surface area contributed by atoms with Crippen LogP contribution in [0.15, 0.2) is 18.2 Å². The molecule has 4 N–H and O–H groups in total. The molecule has 0 amide bonds. The first-order valence-corrected chi connectivity index (χ1v) is 6.11. The maximum Gasteiger partial charge on any atom is 0.104 e. The van der Waals surface area contributed by atoms with Crippen molar-refractivity contribution in [2.75, 3.05) is 11.9 Å². The summed E-state index contributed by atoms with van der Waals surface area (Å²) in [5.74, 6) is 0.953. The van der Waals surface area contributed by atoms with Crippen LogP contribution in [0.25, 0.3) is 11.0 Å². The number of imidazole rings is 1. The number of rotatable bonds is 5. The van der Waals surface area contributed by atoms with Gasteiger partial charge in [0.1, 0.15) is 5.82 Å². The van der Waals surface area contributed by atoms with Gasteiger partial charge in [0.25, 0.3) is 0 Å². The van der Waals surface area contributed by atoms with Gasteiger partial charge in [-0.1, -0.05) is 0 Å². The summed E-state index contributed by atoms with van der Waals surface area (Å²) in [5, 5.41) is 3.40. The summed E-state index contributed by atoms with van der Waals surface area (Å²) in [5.41, 5.74) is 8.94. The van der Waals surface area contributed by atoms with Crippen molar-refractivity contribution in [3.05, 3.63) is 24.0 Å². The minimum atomic E-state index is 0.287. The lowest BCUT2D eigenvalue weighted by Gasteiger charge is -2.07. The first-order valence-electron chi connectivity index (χ1n) is 6.11. The second-order valence-corrected chi connectivity index (χ2v) is 4.60. The highest BCUT2D eigenvalue weighted by Gasteiger charge is 2.00. The first-order chi connectivity index (χ1) is 8.15. The van der Waals surface area contributed by atoms with Crippen LogP contribution in [0.4, 0.5) is 5.69 Å². The maximum atomic E-state index is 5.71. The number of nitrogens with two attached hydrogens (primary N) is 1. The minimum absolute atomic E-state index is 0.287. The van der Waals surface area contributed by atoms with Gasteiger partial charge in [-0.3, -0.25) is 0 Å². The van der Waals surface area contributed by atoms with Crippen LogP contribution < -0.4 is 11.1 Å². The Balaban J connectivity index is 1.94. The molecule has 92 valence electrons. The molecular formula is C13H20N4. The fourth-order valence-corrected chi connectivity index (χ4v) is 1.90. The van der Waals surface area contributed by atoms with Crippen LogP contribution in [0, 0.1) is 6.92 Å². The Kier molecular flexibility index (Phi) is 3.64. The molecule has 0 saturated heterocycles. The normalized spacial score (nSPS) is 12.9. The molecular weight excluding hydrogens is 212 g/mol. The van der Waals surface area contributed by atoms with Crippen molar-refractivity contribution in [3.63, 3.8) is 0 Å². The highest BCUT2D eigenvalue weighted by molar-refractivity contribution is 5.79. The Hall–Kier alpha value is -1.55. The minimum Gasteiger partial charge on any atom is -0.385 e. The van der Waals surface area contributed by atoms with Gasteiger partial charge in [0.05, 0.1) is 11.0 Å². The lowest BCUT2D eigenvalue weighted by Crippen LogP contribution is -2.16. The number of benzene rings is 1. The van der Waals surface area contributed by atoms with Gasteiger partial charge in [-0.05, 0) is 44.9 Å². The smallest absolute Gasteiger partial charge is 0.104 e. The summed E-state index contributed by atoms with van der Waals surface area (Å²) in [6, 6.07) is 6.48. The monoisotopic (exact) mass is 232 g/mol. The molecule has 0 bridgehead atoms. The third-order valence-electron chi connectivity index (χ3n) is 2.77. The molecule has 1 aromatic carbocycles. The van der Waals surface area contributed by atoms with Gasteiger partial charge in [-0.25, -0.2) is 4.98 Å². The Morgan fingerprint density at radius 1 is 1.47 bits per heavy atom. The predicted octanol–water partition coefficient (Wildman–Crippen LogP) is 2.41. The Morgan fingerprint density at radius 3 is 3.06 bits per heavy atom. The van der Waals surface area contributed by atoms with Crippen LogP contribution in [-0.2, 0) is 0 Å². The summed E-state index contributed by atoms with van der Waals surface area (Å²) in [7, 11) is 0. The van der Waals surface area contributed by atoms with E-state index >= 15 is 0 Å². The standard InChI is InChI=1S/C13H20N4/c1-9(14)4-3-7-15-11-5-6-12-13(8-11)17-10(2)16-12/h5-6,8-9,15H,3-4,7,14H2,1-2H3,(H,16,17). The highest BCUT2D eigenvalue weighted by Crippen LogP contribution is 2.17. The molecule has 0 spiro atoms. The molecule has 0 radical (unpaired) electrons. The molecule has 0 aliphatic carbocycles. The van der Waals surface area contributed by atoms with E-state index in [1.165, 1.54) is 0 Å². The summed E-state index contributed by atoms with van der Waals surface area (Å²) in [6.07, 6.45) is 2.15. The third kappa shape index (κ3) is 3.20. The van der Waals surface area contributed by atoms with Crippen molar-refractivity contribution < 1.29 is 0 Å². The maximum absolute atomic E-state index is 5.71. The van der Waals surface area contributed by atoms with Gasteiger partial charge >= 0.3 is 0 Å². The fraction of sp³-hybridized carbons (Fsp3) is 0.462. The number of aryl methyl sites for hydroxylation is 1. The van der Waals surface area contributed by atoms with Gasteiger partial charge in [-0.2, -0.15) is 0 Å². The molecule has 4 nitrogen and oxygen atoms in total. The quantitative estimate of drug-likeness (QED) is 0.693. The Bertz CT molecular complexity index is 487. The fourth-order valence-electron chi connectivity index (χ4n) is 1.90. The van der Waals surface area contributed by atoms with E-state index in [1.54, 1.807) is 0 Å². The number of hydrogen-bond donors (Lipinski definition) is 3. The van der Waals surface area contributed by atoms with Crippen LogP contribution >= 0.6 is 0 Å².